The molecule has 2 aliphatic heterocycles. The number of nitrogens with one attached hydrogen (secondary N) is 1. The Morgan fingerprint density at radius 1 is 1.14 bits per heavy atom. The Labute approximate surface area is 169 Å². The molecule has 0 radical (unpaired) electrons. The lowest BCUT2D eigenvalue weighted by Gasteiger charge is -2.38. The second-order valence-corrected chi connectivity index (χ2v) is 8.66. The molecule has 0 unspecified atom stereocenters. The van der Waals surface area contributed by atoms with E-state index in [0.717, 1.165) is 29.4 Å². The van der Waals surface area contributed by atoms with Crippen molar-refractivity contribution in [2.75, 3.05) is 23.9 Å². The van der Waals surface area contributed by atoms with E-state index in [9.17, 15) is 4.79 Å². The van der Waals surface area contributed by atoms with Crippen molar-refractivity contribution in [1.82, 2.24) is 0 Å². The monoisotopic (exact) mass is 393 g/mol. The standard InChI is InChI=1S/C23H23NO3S/c1-26-23(25)20-7-3-6-19-17-4-2-5-18(17)21(24-22(19)20)14-8-10-15(11-9-14)27-16-12-28-13-16/h2-4,6-11,16-18,21,24H,5,12-13H2,1H3/t17-,18+,21+/m1/s1. The van der Waals surface area contributed by atoms with Crippen LogP contribution < -0.4 is 10.1 Å². The first kappa shape index (κ1) is 17.7. The van der Waals surface area contributed by atoms with Crippen LogP contribution in [0.25, 0.3) is 0 Å². The van der Waals surface area contributed by atoms with Gasteiger partial charge in [0, 0.05) is 17.4 Å². The predicted octanol–water partition coefficient (Wildman–Crippen LogP) is 4.79. The van der Waals surface area contributed by atoms with Crippen molar-refractivity contribution >= 4 is 23.4 Å². The highest BCUT2D eigenvalue weighted by atomic mass is 32.2. The number of benzene rings is 2. The molecule has 0 bridgehead atoms. The molecule has 2 aromatic carbocycles. The zero-order valence-corrected chi connectivity index (χ0v) is 16.6. The number of allylic oxidation sites excluding steroid dienone is 2. The highest BCUT2D eigenvalue weighted by Gasteiger charge is 2.39. The summed E-state index contributed by atoms with van der Waals surface area (Å²) in [5.74, 6) is 3.54. The van der Waals surface area contributed by atoms with E-state index < -0.39 is 0 Å². The van der Waals surface area contributed by atoms with Crippen molar-refractivity contribution in [1.29, 1.82) is 0 Å². The van der Waals surface area contributed by atoms with Gasteiger partial charge >= 0.3 is 5.97 Å². The summed E-state index contributed by atoms with van der Waals surface area (Å²) in [4.78, 5) is 12.3. The number of thioether (sulfide) groups is 1. The molecule has 0 saturated carbocycles. The van der Waals surface area contributed by atoms with Crippen molar-refractivity contribution in [3.8, 4) is 5.75 Å². The zero-order chi connectivity index (χ0) is 19.1. The molecule has 1 fully saturated rings. The first-order valence-corrected chi connectivity index (χ1v) is 10.9. The summed E-state index contributed by atoms with van der Waals surface area (Å²) in [6.45, 7) is 0. The zero-order valence-electron chi connectivity index (χ0n) is 15.8. The maximum atomic E-state index is 12.3. The van der Waals surface area contributed by atoms with Crippen molar-refractivity contribution in [3.05, 3.63) is 71.3 Å². The van der Waals surface area contributed by atoms with Gasteiger partial charge in [-0.25, -0.2) is 4.79 Å². The molecule has 3 atom stereocenters. The maximum Gasteiger partial charge on any atom is 0.339 e. The Kier molecular flexibility index (Phi) is 4.55. The minimum Gasteiger partial charge on any atom is -0.489 e. The van der Waals surface area contributed by atoms with Crippen LogP contribution in [0.15, 0.2) is 54.6 Å². The molecule has 4 nitrogen and oxygen atoms in total. The van der Waals surface area contributed by atoms with Crippen LogP contribution in [-0.2, 0) is 4.74 Å². The average molecular weight is 394 g/mol. The molecule has 28 heavy (non-hydrogen) atoms. The Bertz CT molecular complexity index is 920. The van der Waals surface area contributed by atoms with Gasteiger partial charge in [-0.3, -0.25) is 0 Å². The molecule has 144 valence electrons. The van der Waals surface area contributed by atoms with E-state index >= 15 is 0 Å². The van der Waals surface area contributed by atoms with Crippen LogP contribution in [0.1, 0.15) is 39.9 Å². The smallest absolute Gasteiger partial charge is 0.339 e. The summed E-state index contributed by atoms with van der Waals surface area (Å²) in [6, 6.07) is 14.5. The topological polar surface area (TPSA) is 47.6 Å². The fourth-order valence-electron chi connectivity index (χ4n) is 4.46. The number of carbonyl (C=O) groups is 1. The van der Waals surface area contributed by atoms with Crippen LogP contribution in [0.5, 0.6) is 5.75 Å². The molecular weight excluding hydrogens is 370 g/mol. The molecule has 5 heteroatoms. The molecule has 3 aliphatic rings. The number of esters is 1. The van der Waals surface area contributed by atoms with Crippen LogP contribution in [-0.4, -0.2) is 30.7 Å². The minimum atomic E-state index is -0.300. The normalized spacial score (nSPS) is 25.2. The third-order valence-corrected chi connectivity index (χ3v) is 7.17. The van der Waals surface area contributed by atoms with Gasteiger partial charge in [-0.2, -0.15) is 11.8 Å². The number of para-hydroxylation sites is 1. The average Bonchev–Trinajstić information content (AvgIpc) is 3.20. The number of anilines is 1. The van der Waals surface area contributed by atoms with Gasteiger partial charge in [0.05, 0.1) is 24.4 Å². The van der Waals surface area contributed by atoms with Crippen LogP contribution >= 0.6 is 11.8 Å². The van der Waals surface area contributed by atoms with Crippen LogP contribution in [0.4, 0.5) is 5.69 Å². The number of methoxy groups -OCH3 is 1. The summed E-state index contributed by atoms with van der Waals surface area (Å²) in [5, 5.41) is 3.67. The summed E-state index contributed by atoms with van der Waals surface area (Å²) in [5.41, 5.74) is 3.91. The largest absolute Gasteiger partial charge is 0.489 e. The quantitative estimate of drug-likeness (QED) is 0.598. The molecule has 0 spiro atoms. The van der Waals surface area contributed by atoms with E-state index in [1.54, 1.807) is 0 Å². The van der Waals surface area contributed by atoms with Gasteiger partial charge < -0.3 is 14.8 Å². The lowest BCUT2D eigenvalue weighted by molar-refractivity contribution is 0.0601. The number of carbonyl (C=O) groups excluding carboxylic acids is 1. The molecule has 1 N–H and O–H groups in total. The van der Waals surface area contributed by atoms with Gasteiger partial charge in [0.15, 0.2) is 0 Å². The Balaban J connectivity index is 1.47. The lowest BCUT2D eigenvalue weighted by Crippen LogP contribution is -2.31. The Hall–Kier alpha value is -2.40. The summed E-state index contributed by atoms with van der Waals surface area (Å²) in [7, 11) is 1.43. The SMILES string of the molecule is COC(=O)c1cccc2c1N[C@@H](c1ccc(OC3CSC3)cc1)[C@H]1CC=C[C@@H]21. The predicted molar refractivity (Wildman–Crippen MR) is 112 cm³/mol. The van der Waals surface area contributed by atoms with E-state index in [2.05, 4.69) is 47.8 Å². The Morgan fingerprint density at radius 2 is 1.96 bits per heavy atom. The fourth-order valence-corrected chi connectivity index (χ4v) is 5.02. The molecule has 5 rings (SSSR count). The molecule has 1 aliphatic carbocycles. The van der Waals surface area contributed by atoms with Crippen molar-refractivity contribution in [2.45, 2.75) is 24.5 Å². The number of hydrogen-bond donors (Lipinski definition) is 1. The van der Waals surface area contributed by atoms with E-state index in [1.165, 1.54) is 18.2 Å². The van der Waals surface area contributed by atoms with Crippen molar-refractivity contribution in [2.24, 2.45) is 5.92 Å². The number of fused-ring (bicyclic) bond motifs is 3. The molecular formula is C23H23NO3S. The van der Waals surface area contributed by atoms with Gasteiger partial charge in [-0.15, -0.1) is 0 Å². The van der Waals surface area contributed by atoms with Gasteiger partial charge in [-0.1, -0.05) is 36.4 Å². The summed E-state index contributed by atoms with van der Waals surface area (Å²) >= 11 is 1.92. The highest BCUT2D eigenvalue weighted by Crippen LogP contribution is 2.50. The summed E-state index contributed by atoms with van der Waals surface area (Å²) in [6.07, 6.45) is 5.92. The van der Waals surface area contributed by atoms with E-state index in [1.807, 2.05) is 23.9 Å². The molecule has 1 saturated heterocycles. The maximum absolute atomic E-state index is 12.3. The summed E-state index contributed by atoms with van der Waals surface area (Å²) < 4.78 is 11.0. The second-order valence-electron chi connectivity index (χ2n) is 7.58. The van der Waals surface area contributed by atoms with Crippen LogP contribution in [0.3, 0.4) is 0 Å². The van der Waals surface area contributed by atoms with Gasteiger partial charge in [0.2, 0.25) is 0 Å². The number of rotatable bonds is 4. The van der Waals surface area contributed by atoms with E-state index in [4.69, 9.17) is 9.47 Å². The van der Waals surface area contributed by atoms with E-state index in [-0.39, 0.29) is 12.0 Å². The second kappa shape index (κ2) is 7.21. The minimum absolute atomic E-state index is 0.145. The lowest BCUT2D eigenvalue weighted by atomic mass is 9.76. The fraction of sp³-hybridized carbons (Fsp3) is 0.348. The first-order valence-electron chi connectivity index (χ1n) is 9.73. The third kappa shape index (κ3) is 2.98. The molecule has 2 aromatic rings. The van der Waals surface area contributed by atoms with Crippen LogP contribution in [0, 0.1) is 5.92 Å². The molecule has 2 heterocycles. The van der Waals surface area contributed by atoms with Crippen LogP contribution in [0.2, 0.25) is 0 Å². The molecule has 0 aromatic heterocycles. The Morgan fingerprint density at radius 3 is 2.68 bits per heavy atom. The molecule has 0 amide bonds. The van der Waals surface area contributed by atoms with Crippen molar-refractivity contribution in [3.63, 3.8) is 0 Å². The first-order chi connectivity index (χ1) is 13.7. The van der Waals surface area contributed by atoms with E-state index in [0.29, 0.717) is 23.5 Å². The van der Waals surface area contributed by atoms with Gasteiger partial charge in [0.1, 0.15) is 11.9 Å². The number of hydrogen-bond acceptors (Lipinski definition) is 5. The third-order valence-electron chi connectivity index (χ3n) is 5.95. The highest BCUT2D eigenvalue weighted by molar-refractivity contribution is 8.00. The van der Waals surface area contributed by atoms with Gasteiger partial charge in [-0.05, 0) is 41.7 Å². The van der Waals surface area contributed by atoms with Crippen molar-refractivity contribution < 1.29 is 14.3 Å². The number of ether oxygens (including phenoxy) is 2. The van der Waals surface area contributed by atoms with Gasteiger partial charge in [0.25, 0.3) is 0 Å².